The zero-order valence-electron chi connectivity index (χ0n) is 16.2. The minimum Gasteiger partial charge on any atom is -0.379 e. The summed E-state index contributed by atoms with van der Waals surface area (Å²) in [6.45, 7) is 1.54. The van der Waals surface area contributed by atoms with Crippen molar-refractivity contribution in [3.05, 3.63) is 30.3 Å². The maximum atomic E-state index is 13.0. The van der Waals surface area contributed by atoms with Crippen LogP contribution >= 0.6 is 0 Å². The first-order valence-electron chi connectivity index (χ1n) is 9.72. The lowest BCUT2D eigenvalue weighted by Crippen LogP contribution is -2.52. The summed E-state index contributed by atoms with van der Waals surface area (Å²) < 4.78 is 58.4. The molecule has 0 aromatic heterocycles. The molecule has 2 aliphatic rings. The minimum absolute atomic E-state index is 0.0613. The number of rotatable bonds is 7. The first kappa shape index (κ1) is 22.2. The van der Waals surface area contributed by atoms with Crippen LogP contribution in [0.2, 0.25) is 0 Å². The van der Waals surface area contributed by atoms with Crippen LogP contribution in [0.3, 0.4) is 0 Å². The van der Waals surface area contributed by atoms with Gasteiger partial charge in [0.1, 0.15) is 6.04 Å². The summed E-state index contributed by atoms with van der Waals surface area (Å²) in [7, 11) is -7.28. The number of carbonyl (C=O) groups excluding carboxylic acids is 1. The number of morpholine rings is 1. The van der Waals surface area contributed by atoms with Crippen LogP contribution in [0.4, 0.5) is 0 Å². The molecule has 0 aliphatic carbocycles. The van der Waals surface area contributed by atoms with Crippen LogP contribution in [0.15, 0.2) is 35.2 Å². The Morgan fingerprint density at radius 3 is 2.41 bits per heavy atom. The number of piperidine rings is 1. The molecule has 1 unspecified atom stereocenters. The van der Waals surface area contributed by atoms with E-state index in [1.54, 1.807) is 18.2 Å². The molecule has 11 heteroatoms. The van der Waals surface area contributed by atoms with Gasteiger partial charge < -0.3 is 10.1 Å². The Balaban J connectivity index is 1.62. The molecule has 9 nitrogen and oxygen atoms in total. The van der Waals surface area contributed by atoms with Crippen molar-refractivity contribution in [1.29, 1.82) is 0 Å². The number of hydrogen-bond donors (Lipinski definition) is 1. The van der Waals surface area contributed by atoms with Gasteiger partial charge in [-0.15, -0.1) is 0 Å². The zero-order valence-corrected chi connectivity index (χ0v) is 17.8. The number of nitrogens with zero attached hydrogens (tertiary/aromatic N) is 2. The summed E-state index contributed by atoms with van der Waals surface area (Å²) >= 11 is 0. The third-order valence-electron chi connectivity index (χ3n) is 5.13. The van der Waals surface area contributed by atoms with Gasteiger partial charge in [0.15, 0.2) is 0 Å². The Labute approximate surface area is 172 Å². The molecule has 162 valence electrons. The summed E-state index contributed by atoms with van der Waals surface area (Å²) in [4.78, 5) is 12.9. The minimum atomic E-state index is -3.79. The predicted octanol–water partition coefficient (Wildman–Crippen LogP) is 0.00800. The molecule has 29 heavy (non-hydrogen) atoms. The average Bonchev–Trinajstić information content (AvgIpc) is 2.75. The van der Waals surface area contributed by atoms with Gasteiger partial charge in [-0.25, -0.2) is 16.8 Å². The Kier molecular flexibility index (Phi) is 7.28. The highest BCUT2D eigenvalue weighted by molar-refractivity contribution is 7.89. The van der Waals surface area contributed by atoms with E-state index >= 15 is 0 Å². The molecule has 2 saturated heterocycles. The van der Waals surface area contributed by atoms with E-state index in [0.29, 0.717) is 39.1 Å². The number of hydrogen-bond acceptors (Lipinski definition) is 6. The van der Waals surface area contributed by atoms with E-state index in [1.807, 2.05) is 0 Å². The van der Waals surface area contributed by atoms with Crippen LogP contribution < -0.4 is 5.32 Å². The second-order valence-corrected chi connectivity index (χ2v) is 11.0. The quantitative estimate of drug-likeness (QED) is 0.633. The Morgan fingerprint density at radius 1 is 1.03 bits per heavy atom. The standard InChI is InChI=1S/C18H27N3O6S2/c22-18(19-9-15-28(23,24)20-11-13-27-14-12-20)17-8-4-5-10-21(17)29(25,26)16-6-2-1-3-7-16/h1-3,6-7,17H,4-5,8-15H2,(H,19,22). The summed E-state index contributed by atoms with van der Waals surface area (Å²) in [5, 5.41) is 2.62. The van der Waals surface area contributed by atoms with Gasteiger partial charge in [0.25, 0.3) is 0 Å². The van der Waals surface area contributed by atoms with Gasteiger partial charge in [0.05, 0.1) is 23.9 Å². The molecule has 1 aromatic rings. The van der Waals surface area contributed by atoms with Gasteiger partial charge >= 0.3 is 0 Å². The number of nitrogens with one attached hydrogen (secondary N) is 1. The van der Waals surface area contributed by atoms with Crippen molar-refractivity contribution >= 4 is 26.0 Å². The highest BCUT2D eigenvalue weighted by Gasteiger charge is 2.37. The summed E-state index contributed by atoms with van der Waals surface area (Å²) in [5.74, 6) is -0.682. The number of amides is 1. The maximum absolute atomic E-state index is 13.0. The molecule has 1 N–H and O–H groups in total. The molecule has 0 bridgehead atoms. The van der Waals surface area contributed by atoms with Crippen molar-refractivity contribution < 1.29 is 26.4 Å². The van der Waals surface area contributed by atoms with Gasteiger partial charge in [0, 0.05) is 26.2 Å². The molecular formula is C18H27N3O6S2. The third-order valence-corrected chi connectivity index (χ3v) is 8.92. The molecule has 0 spiro atoms. The highest BCUT2D eigenvalue weighted by Crippen LogP contribution is 2.25. The van der Waals surface area contributed by atoms with Gasteiger partial charge in [0.2, 0.25) is 26.0 Å². The van der Waals surface area contributed by atoms with Crippen molar-refractivity contribution in [2.24, 2.45) is 0 Å². The van der Waals surface area contributed by atoms with Gasteiger partial charge in [-0.3, -0.25) is 4.79 Å². The first-order chi connectivity index (χ1) is 13.8. The van der Waals surface area contributed by atoms with E-state index in [2.05, 4.69) is 5.32 Å². The third kappa shape index (κ3) is 5.34. The molecule has 2 heterocycles. The fourth-order valence-corrected chi connectivity index (χ4v) is 6.56. The first-order valence-corrected chi connectivity index (χ1v) is 12.8. The molecule has 0 saturated carbocycles. The van der Waals surface area contributed by atoms with E-state index in [0.717, 1.165) is 6.42 Å². The fraction of sp³-hybridized carbons (Fsp3) is 0.611. The van der Waals surface area contributed by atoms with Crippen molar-refractivity contribution in [1.82, 2.24) is 13.9 Å². The second-order valence-electron chi connectivity index (χ2n) is 7.06. The van der Waals surface area contributed by atoms with Crippen molar-refractivity contribution in [3.63, 3.8) is 0 Å². The lowest BCUT2D eigenvalue weighted by Gasteiger charge is -2.33. The molecule has 3 rings (SSSR count). The van der Waals surface area contributed by atoms with E-state index in [4.69, 9.17) is 4.74 Å². The summed E-state index contributed by atoms with van der Waals surface area (Å²) in [6, 6.07) is 7.20. The van der Waals surface area contributed by atoms with Crippen LogP contribution in [0.25, 0.3) is 0 Å². The molecule has 0 radical (unpaired) electrons. The molecule has 1 amide bonds. The van der Waals surface area contributed by atoms with Gasteiger partial charge in [-0.05, 0) is 25.0 Å². The number of ether oxygens (including phenoxy) is 1. The Bertz CT molecular complexity index is 899. The molecule has 2 aliphatic heterocycles. The molecule has 1 atom stereocenters. The highest BCUT2D eigenvalue weighted by atomic mass is 32.2. The van der Waals surface area contributed by atoms with Crippen LogP contribution in [0.1, 0.15) is 19.3 Å². The van der Waals surface area contributed by atoms with E-state index in [-0.39, 0.29) is 23.7 Å². The van der Waals surface area contributed by atoms with Crippen molar-refractivity contribution in [3.8, 4) is 0 Å². The van der Waals surface area contributed by atoms with Crippen LogP contribution in [0.5, 0.6) is 0 Å². The van der Waals surface area contributed by atoms with Crippen LogP contribution in [0, 0.1) is 0 Å². The largest absolute Gasteiger partial charge is 0.379 e. The SMILES string of the molecule is O=C(NCCS(=O)(=O)N1CCOCC1)C1CCCCN1S(=O)(=O)c1ccccc1. The Hall–Kier alpha value is -1.53. The van der Waals surface area contributed by atoms with E-state index in [9.17, 15) is 21.6 Å². The van der Waals surface area contributed by atoms with Gasteiger partial charge in [-0.1, -0.05) is 24.6 Å². The Morgan fingerprint density at radius 2 is 1.72 bits per heavy atom. The zero-order chi connectivity index (χ0) is 20.9. The summed E-state index contributed by atoms with van der Waals surface area (Å²) in [6.07, 6.45) is 1.83. The molecule has 2 fully saturated rings. The average molecular weight is 446 g/mol. The maximum Gasteiger partial charge on any atom is 0.243 e. The van der Waals surface area contributed by atoms with E-state index < -0.39 is 32.0 Å². The summed E-state index contributed by atoms with van der Waals surface area (Å²) in [5.41, 5.74) is 0. The molecule has 1 aromatic carbocycles. The number of sulfonamides is 2. The topological polar surface area (TPSA) is 113 Å². The second kappa shape index (κ2) is 9.52. The van der Waals surface area contributed by atoms with Crippen molar-refractivity contribution in [2.75, 3.05) is 45.1 Å². The molecular weight excluding hydrogens is 418 g/mol. The monoisotopic (exact) mass is 445 g/mol. The van der Waals surface area contributed by atoms with Gasteiger partial charge in [-0.2, -0.15) is 8.61 Å². The smallest absolute Gasteiger partial charge is 0.243 e. The lowest BCUT2D eigenvalue weighted by atomic mass is 10.0. The fourth-order valence-electron chi connectivity index (χ4n) is 3.56. The lowest BCUT2D eigenvalue weighted by molar-refractivity contribution is -0.125. The normalized spacial score (nSPS) is 22.3. The van der Waals surface area contributed by atoms with E-state index in [1.165, 1.54) is 20.7 Å². The number of benzene rings is 1. The van der Waals surface area contributed by atoms with Crippen LogP contribution in [-0.4, -0.2) is 82.5 Å². The van der Waals surface area contributed by atoms with Crippen molar-refractivity contribution in [2.45, 2.75) is 30.2 Å². The number of carbonyl (C=O) groups is 1. The van der Waals surface area contributed by atoms with Crippen LogP contribution in [-0.2, 0) is 29.6 Å². The predicted molar refractivity (Wildman–Crippen MR) is 107 cm³/mol.